The smallest absolute Gasteiger partial charge is 0.253 e. The van der Waals surface area contributed by atoms with Gasteiger partial charge in [-0.05, 0) is 73.8 Å². The summed E-state index contributed by atoms with van der Waals surface area (Å²) in [5.74, 6) is -0.230. The number of sulfonamides is 1. The number of aromatic nitrogens is 1. The third-order valence-electron chi connectivity index (χ3n) is 6.06. The molecule has 37 heavy (non-hydrogen) atoms. The highest BCUT2D eigenvalue weighted by Crippen LogP contribution is 2.24. The standard InChI is InChI=1S/C27H29ClN4O4S/c1-30(2)19-25-17-23(9-11-29-25)20-3-5-22(6-4-20)27(34)31-12-14-32(15-13-31)37(35,36)16-10-21-7-8-24(28)18-26(21)33/h3-11,16-18,33H,12-15,19H2,1-2H3. The van der Waals surface area contributed by atoms with Crippen LogP contribution < -0.4 is 0 Å². The number of carbonyl (C=O) groups is 1. The lowest BCUT2D eigenvalue weighted by molar-refractivity contribution is 0.0698. The zero-order valence-electron chi connectivity index (χ0n) is 20.7. The van der Waals surface area contributed by atoms with Gasteiger partial charge in [-0.15, -0.1) is 0 Å². The normalized spacial score (nSPS) is 15.0. The van der Waals surface area contributed by atoms with E-state index in [2.05, 4.69) is 9.88 Å². The second-order valence-electron chi connectivity index (χ2n) is 9.09. The van der Waals surface area contributed by atoms with Crippen molar-refractivity contribution in [3.63, 3.8) is 0 Å². The lowest BCUT2D eigenvalue weighted by Gasteiger charge is -2.33. The van der Waals surface area contributed by atoms with Gasteiger partial charge in [0.05, 0.1) is 5.69 Å². The third-order valence-corrected chi connectivity index (χ3v) is 7.86. The molecular formula is C27H29ClN4O4S. The first-order valence-corrected chi connectivity index (χ1v) is 13.7. The summed E-state index contributed by atoms with van der Waals surface area (Å²) in [6, 6.07) is 15.9. The van der Waals surface area contributed by atoms with Crippen molar-refractivity contribution in [2.75, 3.05) is 40.3 Å². The van der Waals surface area contributed by atoms with Crippen LogP contribution in [0.4, 0.5) is 0 Å². The second kappa shape index (κ2) is 11.4. The predicted molar refractivity (Wildman–Crippen MR) is 146 cm³/mol. The van der Waals surface area contributed by atoms with E-state index < -0.39 is 10.0 Å². The molecule has 1 aliphatic heterocycles. The van der Waals surface area contributed by atoms with E-state index >= 15 is 0 Å². The molecule has 0 aliphatic carbocycles. The molecule has 8 nitrogen and oxygen atoms in total. The third kappa shape index (κ3) is 6.75. The Morgan fingerprint density at radius 2 is 1.73 bits per heavy atom. The van der Waals surface area contributed by atoms with Crippen LogP contribution in [0.2, 0.25) is 5.02 Å². The summed E-state index contributed by atoms with van der Waals surface area (Å²) < 4.78 is 26.9. The number of nitrogens with zero attached hydrogens (tertiary/aromatic N) is 4. The number of phenolic OH excluding ortho intramolecular Hbond substituents is 1. The van der Waals surface area contributed by atoms with Crippen molar-refractivity contribution < 1.29 is 18.3 Å². The zero-order valence-corrected chi connectivity index (χ0v) is 22.3. The molecule has 3 aromatic rings. The molecule has 1 amide bonds. The summed E-state index contributed by atoms with van der Waals surface area (Å²) in [7, 11) is 0.281. The van der Waals surface area contributed by atoms with Gasteiger partial charge in [0.2, 0.25) is 10.0 Å². The summed E-state index contributed by atoms with van der Waals surface area (Å²) in [6.45, 7) is 1.70. The Morgan fingerprint density at radius 1 is 1.03 bits per heavy atom. The van der Waals surface area contributed by atoms with Gasteiger partial charge in [0.25, 0.3) is 5.91 Å². The van der Waals surface area contributed by atoms with Crippen LogP contribution in [0.3, 0.4) is 0 Å². The summed E-state index contributed by atoms with van der Waals surface area (Å²) in [4.78, 5) is 21.2. The molecule has 194 valence electrons. The first-order chi connectivity index (χ1) is 17.6. The molecule has 1 fully saturated rings. The molecule has 1 saturated heterocycles. The maximum atomic E-state index is 13.0. The van der Waals surface area contributed by atoms with E-state index in [1.807, 2.05) is 38.4 Å². The number of amides is 1. The van der Waals surface area contributed by atoms with Gasteiger partial charge in [-0.25, -0.2) is 8.42 Å². The molecule has 2 heterocycles. The van der Waals surface area contributed by atoms with Crippen molar-refractivity contribution in [3.05, 3.63) is 88.0 Å². The van der Waals surface area contributed by atoms with Gasteiger partial charge in [-0.2, -0.15) is 4.31 Å². The molecule has 1 aromatic heterocycles. The first kappa shape index (κ1) is 26.8. The quantitative estimate of drug-likeness (QED) is 0.488. The number of aromatic hydroxyl groups is 1. The van der Waals surface area contributed by atoms with Crippen LogP contribution in [0.1, 0.15) is 21.6 Å². The maximum absolute atomic E-state index is 13.0. The zero-order chi connectivity index (χ0) is 26.6. The van der Waals surface area contributed by atoms with Crippen LogP contribution >= 0.6 is 11.6 Å². The molecule has 0 saturated carbocycles. The van der Waals surface area contributed by atoms with Crippen molar-refractivity contribution >= 4 is 33.6 Å². The molecule has 0 unspecified atom stereocenters. The lowest BCUT2D eigenvalue weighted by atomic mass is 10.0. The van der Waals surface area contributed by atoms with Crippen molar-refractivity contribution in [2.24, 2.45) is 0 Å². The number of rotatable bonds is 7. The highest BCUT2D eigenvalue weighted by Gasteiger charge is 2.28. The molecule has 4 rings (SSSR count). The minimum atomic E-state index is -3.71. The fourth-order valence-electron chi connectivity index (χ4n) is 4.10. The summed E-state index contributed by atoms with van der Waals surface area (Å²) in [6.07, 6.45) is 3.13. The molecule has 10 heteroatoms. The molecule has 1 N–H and O–H groups in total. The number of benzene rings is 2. The van der Waals surface area contributed by atoms with Gasteiger partial charge < -0.3 is 14.9 Å². The second-order valence-corrected chi connectivity index (χ2v) is 11.3. The number of piperazine rings is 1. The lowest BCUT2D eigenvalue weighted by Crippen LogP contribution is -2.50. The Morgan fingerprint density at radius 3 is 2.38 bits per heavy atom. The average Bonchev–Trinajstić information content (AvgIpc) is 2.88. The minimum Gasteiger partial charge on any atom is -0.507 e. The van der Waals surface area contributed by atoms with Crippen molar-refractivity contribution in [2.45, 2.75) is 6.54 Å². The molecule has 2 aromatic carbocycles. The topological polar surface area (TPSA) is 94.1 Å². The number of hydrogen-bond acceptors (Lipinski definition) is 6. The van der Waals surface area contributed by atoms with Crippen LogP contribution in [0.15, 0.2) is 66.2 Å². The van der Waals surface area contributed by atoms with Crippen LogP contribution in [-0.2, 0) is 16.6 Å². The van der Waals surface area contributed by atoms with E-state index in [9.17, 15) is 18.3 Å². The van der Waals surface area contributed by atoms with Crippen molar-refractivity contribution in [1.82, 2.24) is 19.1 Å². The van der Waals surface area contributed by atoms with E-state index in [0.717, 1.165) is 28.8 Å². The van der Waals surface area contributed by atoms with E-state index in [1.165, 1.54) is 16.4 Å². The summed E-state index contributed by atoms with van der Waals surface area (Å²) >= 11 is 5.82. The number of hydrogen-bond donors (Lipinski definition) is 1. The molecule has 0 spiro atoms. The van der Waals surface area contributed by atoms with Crippen LogP contribution in [0.25, 0.3) is 17.2 Å². The molecule has 0 atom stereocenters. The van der Waals surface area contributed by atoms with Gasteiger partial charge in [0.1, 0.15) is 5.75 Å². The summed E-state index contributed by atoms with van der Waals surface area (Å²) in [5, 5.41) is 11.4. The van der Waals surface area contributed by atoms with Gasteiger partial charge in [-0.1, -0.05) is 23.7 Å². The average molecular weight is 541 g/mol. The van der Waals surface area contributed by atoms with E-state index in [1.54, 1.807) is 35.4 Å². The van der Waals surface area contributed by atoms with Gasteiger partial charge in [-0.3, -0.25) is 9.78 Å². The Bertz CT molecular complexity index is 1400. The SMILES string of the molecule is CN(C)Cc1cc(-c2ccc(C(=O)N3CCN(S(=O)(=O)C=Cc4ccc(Cl)cc4O)CC3)cc2)ccn1. The summed E-state index contributed by atoms with van der Waals surface area (Å²) in [5.41, 5.74) is 3.90. The van der Waals surface area contributed by atoms with E-state index in [4.69, 9.17) is 11.6 Å². The van der Waals surface area contributed by atoms with Gasteiger partial charge in [0.15, 0.2) is 0 Å². The highest BCUT2D eigenvalue weighted by atomic mass is 35.5. The number of pyridine rings is 1. The Hall–Kier alpha value is -3.24. The monoisotopic (exact) mass is 540 g/mol. The Kier molecular flexibility index (Phi) is 8.29. The van der Waals surface area contributed by atoms with Crippen molar-refractivity contribution in [1.29, 1.82) is 0 Å². The fourth-order valence-corrected chi connectivity index (χ4v) is 5.43. The molecule has 0 radical (unpaired) electrons. The molecule has 0 bridgehead atoms. The van der Waals surface area contributed by atoms with Gasteiger partial charge >= 0.3 is 0 Å². The minimum absolute atomic E-state index is 0.0988. The Balaban J connectivity index is 1.37. The number of phenols is 1. The maximum Gasteiger partial charge on any atom is 0.253 e. The number of carbonyl (C=O) groups excluding carboxylic acids is 1. The largest absolute Gasteiger partial charge is 0.507 e. The van der Waals surface area contributed by atoms with Crippen LogP contribution in [0.5, 0.6) is 5.75 Å². The fraction of sp³-hybridized carbons (Fsp3) is 0.259. The Labute approximate surface area is 222 Å². The van der Waals surface area contributed by atoms with Gasteiger partial charge in [0, 0.05) is 60.5 Å². The first-order valence-electron chi connectivity index (χ1n) is 11.8. The van der Waals surface area contributed by atoms with Crippen molar-refractivity contribution in [3.8, 4) is 16.9 Å². The predicted octanol–water partition coefficient (Wildman–Crippen LogP) is 3.93. The van der Waals surface area contributed by atoms with Crippen LogP contribution in [-0.4, -0.2) is 78.8 Å². The van der Waals surface area contributed by atoms with E-state index in [-0.39, 0.29) is 37.8 Å². The van der Waals surface area contributed by atoms with Crippen LogP contribution in [0, 0.1) is 0 Å². The molecule has 1 aliphatic rings. The number of halogens is 1. The molecular weight excluding hydrogens is 512 g/mol. The highest BCUT2D eigenvalue weighted by molar-refractivity contribution is 7.92. The van der Waals surface area contributed by atoms with E-state index in [0.29, 0.717) is 16.1 Å².